The second kappa shape index (κ2) is 7.80. The average molecular weight is 356 g/mol. The van der Waals surface area contributed by atoms with Crippen LogP contribution in [0.2, 0.25) is 0 Å². The van der Waals surface area contributed by atoms with Gasteiger partial charge in [-0.15, -0.1) is 21.5 Å². The molecule has 6 heteroatoms. The fourth-order valence-electron chi connectivity index (χ4n) is 2.72. The molecule has 0 saturated heterocycles. The van der Waals surface area contributed by atoms with Crippen LogP contribution in [0.15, 0.2) is 46.2 Å². The molecule has 3 rings (SSSR count). The van der Waals surface area contributed by atoms with Crippen molar-refractivity contribution in [3.05, 3.63) is 53.2 Å². The van der Waals surface area contributed by atoms with Crippen molar-refractivity contribution in [3.8, 4) is 10.8 Å². The largest absolute Gasteiger partial charge is 0.418 e. The summed E-state index contributed by atoms with van der Waals surface area (Å²) in [5.74, 6) is 1.26. The third-order valence-corrected chi connectivity index (χ3v) is 5.18. The van der Waals surface area contributed by atoms with Gasteiger partial charge in [0, 0.05) is 26.3 Å². The van der Waals surface area contributed by atoms with Gasteiger partial charge in [-0.05, 0) is 42.6 Å². The van der Waals surface area contributed by atoms with Crippen molar-refractivity contribution < 1.29 is 4.42 Å². The molecular weight excluding hydrogens is 332 g/mol. The van der Waals surface area contributed by atoms with Crippen LogP contribution in [0.4, 0.5) is 5.69 Å². The Balaban J connectivity index is 1.71. The molecule has 132 valence electrons. The molecule has 0 radical (unpaired) electrons. The summed E-state index contributed by atoms with van der Waals surface area (Å²) in [5.41, 5.74) is 2.48. The molecule has 0 unspecified atom stereocenters. The zero-order chi connectivity index (χ0) is 17.8. The number of benzene rings is 1. The molecule has 2 heterocycles. The first-order valence-corrected chi connectivity index (χ1v) is 9.34. The van der Waals surface area contributed by atoms with Crippen molar-refractivity contribution in [2.45, 2.75) is 26.4 Å². The highest BCUT2D eigenvalue weighted by molar-refractivity contribution is 7.13. The Hall–Kier alpha value is -2.18. The first kappa shape index (κ1) is 17.6. The molecule has 25 heavy (non-hydrogen) atoms. The lowest BCUT2D eigenvalue weighted by atomic mass is 10.1. The average Bonchev–Trinajstić information content (AvgIpc) is 3.30. The first-order valence-electron chi connectivity index (χ1n) is 8.46. The molecule has 0 saturated carbocycles. The van der Waals surface area contributed by atoms with E-state index in [0.717, 1.165) is 18.0 Å². The lowest BCUT2D eigenvalue weighted by Crippen LogP contribution is -2.26. The maximum atomic E-state index is 5.90. The Morgan fingerprint density at radius 1 is 1.12 bits per heavy atom. The minimum atomic E-state index is 0.0692. The van der Waals surface area contributed by atoms with Crippen LogP contribution in [0.1, 0.15) is 31.3 Å². The number of nitrogens with zero attached hydrogens (tertiary/aromatic N) is 4. The molecule has 0 aliphatic heterocycles. The fraction of sp³-hybridized carbons (Fsp3) is 0.368. The van der Waals surface area contributed by atoms with E-state index >= 15 is 0 Å². The quantitative estimate of drug-likeness (QED) is 0.626. The molecule has 1 aromatic carbocycles. The number of anilines is 1. The highest BCUT2D eigenvalue weighted by Crippen LogP contribution is 2.27. The second-order valence-electron chi connectivity index (χ2n) is 6.22. The van der Waals surface area contributed by atoms with E-state index < -0.39 is 0 Å². The Kier molecular flexibility index (Phi) is 5.50. The maximum absolute atomic E-state index is 5.90. The number of hydrogen-bond donors (Lipinski definition) is 0. The third-order valence-electron chi connectivity index (χ3n) is 4.32. The molecule has 1 atom stereocenters. The maximum Gasteiger partial charge on any atom is 0.257 e. The Labute approximate surface area is 152 Å². The van der Waals surface area contributed by atoms with Gasteiger partial charge in [0.1, 0.15) is 0 Å². The zero-order valence-corrected chi connectivity index (χ0v) is 16.0. The van der Waals surface area contributed by atoms with E-state index in [4.69, 9.17) is 4.42 Å². The molecule has 0 aliphatic carbocycles. The fourth-order valence-corrected chi connectivity index (χ4v) is 3.36. The molecule has 2 aromatic heterocycles. The van der Waals surface area contributed by atoms with Crippen LogP contribution in [-0.4, -0.2) is 35.7 Å². The lowest BCUT2D eigenvalue weighted by molar-refractivity contribution is 0.184. The minimum absolute atomic E-state index is 0.0692. The predicted octanol–water partition coefficient (Wildman–Crippen LogP) is 4.45. The SMILES string of the molecule is CCN(Cc1ccc(N(C)C)cc1)[C@H](C)c1nnc(-c2cccs2)o1. The van der Waals surface area contributed by atoms with Gasteiger partial charge in [-0.3, -0.25) is 4.90 Å². The Bertz CT molecular complexity index is 780. The summed E-state index contributed by atoms with van der Waals surface area (Å²) in [7, 11) is 4.10. The standard InChI is InChI=1S/C19H24N4OS/c1-5-23(13-15-8-10-16(11-9-15)22(3)4)14(2)18-20-21-19(24-18)17-7-6-12-25-17/h6-12,14H,5,13H2,1-4H3/t14-/m1/s1. The van der Waals surface area contributed by atoms with Crippen LogP contribution in [0.3, 0.4) is 0 Å². The summed E-state index contributed by atoms with van der Waals surface area (Å²) in [6.45, 7) is 6.03. The number of aromatic nitrogens is 2. The van der Waals surface area contributed by atoms with Crippen LogP contribution in [0.25, 0.3) is 10.8 Å². The van der Waals surface area contributed by atoms with E-state index in [1.807, 2.05) is 17.5 Å². The van der Waals surface area contributed by atoms with E-state index in [9.17, 15) is 0 Å². The monoisotopic (exact) mass is 356 g/mol. The summed E-state index contributed by atoms with van der Waals surface area (Å²) < 4.78 is 5.90. The van der Waals surface area contributed by atoms with Gasteiger partial charge in [-0.25, -0.2) is 0 Å². The van der Waals surface area contributed by atoms with Gasteiger partial charge in [-0.1, -0.05) is 25.1 Å². The van der Waals surface area contributed by atoms with Crippen molar-refractivity contribution in [3.63, 3.8) is 0 Å². The summed E-state index contributed by atoms with van der Waals surface area (Å²) in [6.07, 6.45) is 0. The number of thiophene rings is 1. The van der Waals surface area contributed by atoms with Crippen molar-refractivity contribution >= 4 is 17.0 Å². The highest BCUT2D eigenvalue weighted by Gasteiger charge is 2.21. The third kappa shape index (κ3) is 4.08. The molecule has 0 aliphatic rings. The Morgan fingerprint density at radius 2 is 1.88 bits per heavy atom. The van der Waals surface area contributed by atoms with Gasteiger partial charge in [0.15, 0.2) is 0 Å². The molecule has 3 aromatic rings. The number of rotatable bonds is 7. The highest BCUT2D eigenvalue weighted by atomic mass is 32.1. The predicted molar refractivity (Wildman–Crippen MR) is 103 cm³/mol. The lowest BCUT2D eigenvalue weighted by Gasteiger charge is -2.25. The van der Waals surface area contributed by atoms with Crippen LogP contribution in [0, 0.1) is 0 Å². The van der Waals surface area contributed by atoms with E-state index in [1.54, 1.807) is 11.3 Å². The second-order valence-corrected chi connectivity index (χ2v) is 7.17. The number of hydrogen-bond acceptors (Lipinski definition) is 6. The molecule has 0 bridgehead atoms. The van der Waals surface area contributed by atoms with E-state index in [0.29, 0.717) is 11.8 Å². The molecule has 0 amide bonds. The smallest absolute Gasteiger partial charge is 0.257 e. The zero-order valence-electron chi connectivity index (χ0n) is 15.1. The first-order chi connectivity index (χ1) is 12.1. The van der Waals surface area contributed by atoms with Crippen molar-refractivity contribution in [1.82, 2.24) is 15.1 Å². The summed E-state index contributed by atoms with van der Waals surface area (Å²) in [5, 5.41) is 10.5. The molecule has 0 N–H and O–H groups in total. The van der Waals surface area contributed by atoms with Crippen molar-refractivity contribution in [2.24, 2.45) is 0 Å². The summed E-state index contributed by atoms with van der Waals surface area (Å²) in [4.78, 5) is 5.44. The summed E-state index contributed by atoms with van der Waals surface area (Å²) in [6, 6.07) is 12.7. The normalized spacial score (nSPS) is 12.5. The van der Waals surface area contributed by atoms with Gasteiger partial charge in [-0.2, -0.15) is 0 Å². The van der Waals surface area contributed by atoms with Gasteiger partial charge in [0.2, 0.25) is 5.89 Å². The van der Waals surface area contributed by atoms with Crippen LogP contribution < -0.4 is 4.90 Å². The van der Waals surface area contributed by atoms with Crippen LogP contribution in [0.5, 0.6) is 0 Å². The van der Waals surface area contributed by atoms with Crippen molar-refractivity contribution in [2.75, 3.05) is 25.5 Å². The van der Waals surface area contributed by atoms with Crippen LogP contribution in [-0.2, 0) is 6.54 Å². The van der Waals surface area contributed by atoms with Gasteiger partial charge in [0.05, 0.1) is 10.9 Å². The Morgan fingerprint density at radius 3 is 2.48 bits per heavy atom. The van der Waals surface area contributed by atoms with Crippen LogP contribution >= 0.6 is 11.3 Å². The van der Waals surface area contributed by atoms with Gasteiger partial charge >= 0.3 is 0 Å². The van der Waals surface area contributed by atoms with Gasteiger partial charge < -0.3 is 9.32 Å². The molecule has 5 nitrogen and oxygen atoms in total. The topological polar surface area (TPSA) is 45.4 Å². The van der Waals surface area contributed by atoms with E-state index in [2.05, 4.69) is 72.2 Å². The van der Waals surface area contributed by atoms with Crippen molar-refractivity contribution in [1.29, 1.82) is 0 Å². The molecule has 0 fully saturated rings. The van der Waals surface area contributed by atoms with E-state index in [1.165, 1.54) is 11.3 Å². The van der Waals surface area contributed by atoms with E-state index in [-0.39, 0.29) is 6.04 Å². The van der Waals surface area contributed by atoms with Gasteiger partial charge in [0.25, 0.3) is 5.89 Å². The molecule has 0 spiro atoms. The minimum Gasteiger partial charge on any atom is -0.418 e. The molecular formula is C19H24N4OS. The summed E-state index contributed by atoms with van der Waals surface area (Å²) >= 11 is 1.61.